The summed E-state index contributed by atoms with van der Waals surface area (Å²) < 4.78 is 10.8. The molecule has 0 spiro atoms. The second-order valence-electron chi connectivity index (χ2n) is 6.44. The van der Waals surface area contributed by atoms with Gasteiger partial charge in [-0.3, -0.25) is 4.79 Å². The first-order valence-electron chi connectivity index (χ1n) is 8.13. The molecule has 2 aliphatic rings. The predicted octanol–water partition coefficient (Wildman–Crippen LogP) is 3.09. The van der Waals surface area contributed by atoms with Gasteiger partial charge in [0.25, 0.3) is 5.91 Å². The zero-order valence-corrected chi connectivity index (χ0v) is 13.7. The summed E-state index contributed by atoms with van der Waals surface area (Å²) in [5.74, 6) is 1.16. The SMILES string of the molecule is O=C(NCC1(c2cccs2)CCOCC1)c1cc(C2CC2)on1. The number of carbonyl (C=O) groups excluding carboxylic acids is 1. The van der Waals surface area contributed by atoms with Gasteiger partial charge in [-0.15, -0.1) is 11.3 Å². The molecule has 0 bridgehead atoms. The molecule has 1 saturated carbocycles. The maximum Gasteiger partial charge on any atom is 0.273 e. The van der Waals surface area contributed by atoms with Crippen LogP contribution in [0.2, 0.25) is 0 Å². The molecule has 1 amide bonds. The zero-order valence-electron chi connectivity index (χ0n) is 12.9. The second-order valence-corrected chi connectivity index (χ2v) is 7.39. The Hall–Kier alpha value is -1.66. The predicted molar refractivity (Wildman–Crippen MR) is 86.9 cm³/mol. The molecule has 1 saturated heterocycles. The molecule has 2 aromatic rings. The first kappa shape index (κ1) is 14.9. The number of amides is 1. The van der Waals surface area contributed by atoms with E-state index >= 15 is 0 Å². The Morgan fingerprint density at radius 1 is 1.39 bits per heavy atom. The van der Waals surface area contributed by atoms with Gasteiger partial charge in [0.15, 0.2) is 5.69 Å². The summed E-state index contributed by atoms with van der Waals surface area (Å²) in [4.78, 5) is 13.7. The van der Waals surface area contributed by atoms with Crippen LogP contribution in [0.1, 0.15) is 52.7 Å². The van der Waals surface area contributed by atoms with Crippen molar-refractivity contribution in [2.45, 2.75) is 37.0 Å². The van der Waals surface area contributed by atoms with Crippen LogP contribution in [0.3, 0.4) is 0 Å². The number of nitrogens with one attached hydrogen (secondary N) is 1. The molecule has 0 atom stereocenters. The van der Waals surface area contributed by atoms with E-state index in [0.29, 0.717) is 18.2 Å². The van der Waals surface area contributed by atoms with Crippen molar-refractivity contribution in [1.82, 2.24) is 10.5 Å². The fourth-order valence-electron chi connectivity index (χ4n) is 3.15. The second kappa shape index (κ2) is 6.09. The lowest BCUT2D eigenvalue weighted by atomic mass is 9.78. The van der Waals surface area contributed by atoms with E-state index in [4.69, 9.17) is 9.26 Å². The Morgan fingerprint density at radius 3 is 2.91 bits per heavy atom. The van der Waals surface area contributed by atoms with Gasteiger partial charge in [-0.05, 0) is 37.1 Å². The van der Waals surface area contributed by atoms with E-state index in [1.165, 1.54) is 4.88 Å². The summed E-state index contributed by atoms with van der Waals surface area (Å²) in [7, 11) is 0. The summed E-state index contributed by atoms with van der Waals surface area (Å²) in [6.45, 7) is 2.09. The summed E-state index contributed by atoms with van der Waals surface area (Å²) >= 11 is 1.75. The minimum atomic E-state index is -0.150. The highest BCUT2D eigenvalue weighted by Crippen LogP contribution is 2.40. The van der Waals surface area contributed by atoms with Crippen molar-refractivity contribution in [3.05, 3.63) is 39.9 Å². The Kier molecular flexibility index (Phi) is 3.95. The summed E-state index contributed by atoms with van der Waals surface area (Å²) in [5.41, 5.74) is 0.366. The fourth-order valence-corrected chi connectivity index (χ4v) is 4.14. The molecule has 23 heavy (non-hydrogen) atoms. The van der Waals surface area contributed by atoms with Crippen molar-refractivity contribution in [1.29, 1.82) is 0 Å². The number of thiophene rings is 1. The molecule has 0 aromatic carbocycles. The number of hydrogen-bond donors (Lipinski definition) is 1. The number of carbonyl (C=O) groups is 1. The van der Waals surface area contributed by atoms with Gasteiger partial charge in [0, 0.05) is 42.0 Å². The molecular formula is C17H20N2O3S. The van der Waals surface area contributed by atoms with Crippen molar-refractivity contribution in [2.24, 2.45) is 0 Å². The van der Waals surface area contributed by atoms with Crippen molar-refractivity contribution in [2.75, 3.05) is 19.8 Å². The highest BCUT2D eigenvalue weighted by atomic mass is 32.1. The van der Waals surface area contributed by atoms with E-state index in [9.17, 15) is 4.79 Å². The largest absolute Gasteiger partial charge is 0.381 e. The summed E-state index contributed by atoms with van der Waals surface area (Å²) in [6, 6.07) is 6.01. The van der Waals surface area contributed by atoms with Crippen LogP contribution in [0.15, 0.2) is 28.1 Å². The minimum Gasteiger partial charge on any atom is -0.381 e. The number of aromatic nitrogens is 1. The number of nitrogens with zero attached hydrogens (tertiary/aromatic N) is 1. The Bertz CT molecular complexity index is 670. The number of hydrogen-bond acceptors (Lipinski definition) is 5. The maximum atomic E-state index is 12.4. The molecule has 1 aliphatic carbocycles. The average molecular weight is 332 g/mol. The Balaban J connectivity index is 1.45. The topological polar surface area (TPSA) is 64.4 Å². The van der Waals surface area contributed by atoms with Gasteiger partial charge >= 0.3 is 0 Å². The first-order valence-corrected chi connectivity index (χ1v) is 9.01. The molecule has 4 rings (SSSR count). The molecule has 2 fully saturated rings. The van der Waals surface area contributed by atoms with Crippen LogP contribution in [-0.2, 0) is 10.2 Å². The molecule has 3 heterocycles. The number of rotatable bonds is 5. The smallest absolute Gasteiger partial charge is 0.273 e. The molecule has 0 radical (unpaired) electrons. The van der Waals surface area contributed by atoms with Gasteiger partial charge in [0.1, 0.15) is 5.76 Å². The highest BCUT2D eigenvalue weighted by Gasteiger charge is 2.36. The quantitative estimate of drug-likeness (QED) is 0.914. The third-order valence-corrected chi connectivity index (χ3v) is 5.94. The molecular weight excluding hydrogens is 312 g/mol. The van der Waals surface area contributed by atoms with E-state index in [1.807, 2.05) is 0 Å². The Labute approximate surface area is 139 Å². The lowest BCUT2D eigenvalue weighted by molar-refractivity contribution is 0.0498. The van der Waals surface area contributed by atoms with Gasteiger partial charge in [-0.1, -0.05) is 11.2 Å². The first-order chi connectivity index (χ1) is 11.3. The van der Waals surface area contributed by atoms with Crippen molar-refractivity contribution >= 4 is 17.2 Å². The van der Waals surface area contributed by atoms with E-state index < -0.39 is 0 Å². The lowest BCUT2D eigenvalue weighted by Gasteiger charge is -2.36. The van der Waals surface area contributed by atoms with E-state index in [1.54, 1.807) is 17.4 Å². The van der Waals surface area contributed by atoms with Gasteiger partial charge in [-0.2, -0.15) is 0 Å². The molecule has 2 aromatic heterocycles. The standard InChI is InChI=1S/C17H20N2O3S/c20-16(13-10-14(22-19-13)12-3-4-12)18-11-17(5-7-21-8-6-17)15-2-1-9-23-15/h1-2,9-10,12H,3-8,11H2,(H,18,20). The number of ether oxygens (including phenoxy) is 1. The molecule has 1 aliphatic heterocycles. The molecule has 5 nitrogen and oxygen atoms in total. The monoisotopic (exact) mass is 332 g/mol. The van der Waals surface area contributed by atoms with Crippen LogP contribution in [0, 0.1) is 0 Å². The van der Waals surface area contributed by atoms with Crippen molar-refractivity contribution in [3.8, 4) is 0 Å². The fraction of sp³-hybridized carbons (Fsp3) is 0.529. The van der Waals surface area contributed by atoms with Gasteiger partial charge in [0.2, 0.25) is 0 Å². The van der Waals surface area contributed by atoms with Gasteiger partial charge in [0.05, 0.1) is 0 Å². The Morgan fingerprint density at radius 2 is 2.22 bits per heavy atom. The lowest BCUT2D eigenvalue weighted by Crippen LogP contribution is -2.44. The van der Waals surface area contributed by atoms with Crippen LogP contribution in [0.4, 0.5) is 0 Å². The van der Waals surface area contributed by atoms with Gasteiger partial charge < -0.3 is 14.6 Å². The van der Waals surface area contributed by atoms with E-state index in [2.05, 4.69) is 28.0 Å². The third kappa shape index (κ3) is 3.05. The van der Waals surface area contributed by atoms with Crippen LogP contribution < -0.4 is 5.32 Å². The van der Waals surface area contributed by atoms with Crippen LogP contribution in [-0.4, -0.2) is 30.8 Å². The highest BCUT2D eigenvalue weighted by molar-refractivity contribution is 7.10. The molecule has 1 N–H and O–H groups in total. The molecule has 0 unspecified atom stereocenters. The van der Waals surface area contributed by atoms with Crippen molar-refractivity contribution < 1.29 is 14.1 Å². The van der Waals surface area contributed by atoms with Crippen LogP contribution in [0.25, 0.3) is 0 Å². The summed E-state index contributed by atoms with van der Waals surface area (Å²) in [6.07, 6.45) is 4.13. The normalized spacial score (nSPS) is 20.3. The molecule has 6 heteroatoms. The van der Waals surface area contributed by atoms with Gasteiger partial charge in [-0.25, -0.2) is 0 Å². The van der Waals surface area contributed by atoms with Crippen LogP contribution in [0.5, 0.6) is 0 Å². The zero-order chi connectivity index (χ0) is 15.7. The average Bonchev–Trinajstić information content (AvgIpc) is 3.09. The van der Waals surface area contributed by atoms with Crippen LogP contribution >= 0.6 is 11.3 Å². The van der Waals surface area contributed by atoms with E-state index in [0.717, 1.165) is 44.7 Å². The van der Waals surface area contributed by atoms with Crippen molar-refractivity contribution in [3.63, 3.8) is 0 Å². The third-order valence-electron chi connectivity index (χ3n) is 4.82. The maximum absolute atomic E-state index is 12.4. The van der Waals surface area contributed by atoms with E-state index in [-0.39, 0.29) is 11.3 Å². The summed E-state index contributed by atoms with van der Waals surface area (Å²) in [5, 5.41) is 9.07. The molecule has 122 valence electrons. The minimum absolute atomic E-state index is 0.0227.